The number of pyridine rings is 1. The van der Waals surface area contributed by atoms with Gasteiger partial charge in [0.15, 0.2) is 0 Å². The molecule has 4 nitrogen and oxygen atoms in total. The van der Waals surface area contributed by atoms with Crippen LogP contribution in [0.1, 0.15) is 17.3 Å². The summed E-state index contributed by atoms with van der Waals surface area (Å²) in [6.07, 6.45) is 1.05. The summed E-state index contributed by atoms with van der Waals surface area (Å²) in [7, 11) is 0. The van der Waals surface area contributed by atoms with Crippen molar-refractivity contribution in [2.45, 2.75) is 13.0 Å². The van der Waals surface area contributed by atoms with Crippen molar-refractivity contribution in [3.05, 3.63) is 28.5 Å². The molecule has 1 aromatic heterocycles. The highest BCUT2D eigenvalue weighted by Gasteiger charge is 2.09. The number of hydrogen-bond donors (Lipinski definition) is 2. The van der Waals surface area contributed by atoms with Gasteiger partial charge in [0.25, 0.3) is 5.91 Å². The summed E-state index contributed by atoms with van der Waals surface area (Å²) in [5.41, 5.74) is 0.466. The molecule has 0 aliphatic rings. The van der Waals surface area contributed by atoms with Gasteiger partial charge in [0.1, 0.15) is 4.60 Å². The van der Waals surface area contributed by atoms with Gasteiger partial charge in [-0.2, -0.15) is 0 Å². The van der Waals surface area contributed by atoms with Crippen LogP contribution in [-0.2, 0) is 0 Å². The molecule has 5 heteroatoms. The number of aliphatic hydroxyl groups is 1. The fraction of sp³-hybridized carbons (Fsp3) is 0.333. The fourth-order valence-electron chi connectivity index (χ4n) is 0.891. The lowest BCUT2D eigenvalue weighted by molar-refractivity contribution is 0.0923. The maximum atomic E-state index is 11.5. The second-order valence-electron chi connectivity index (χ2n) is 2.90. The molecule has 0 bridgehead atoms. The van der Waals surface area contributed by atoms with E-state index in [0.717, 1.165) is 0 Å². The predicted octanol–water partition coefficient (Wildman–Crippen LogP) is 0.955. The van der Waals surface area contributed by atoms with E-state index >= 15 is 0 Å². The second-order valence-corrected chi connectivity index (χ2v) is 3.65. The van der Waals surface area contributed by atoms with E-state index < -0.39 is 6.10 Å². The summed E-state index contributed by atoms with van der Waals surface area (Å²) in [5.74, 6) is -0.245. The Kier molecular flexibility index (Phi) is 4.03. The van der Waals surface area contributed by atoms with Crippen molar-refractivity contribution in [1.29, 1.82) is 0 Å². The van der Waals surface area contributed by atoms with Crippen LogP contribution in [0, 0.1) is 0 Å². The van der Waals surface area contributed by atoms with Gasteiger partial charge in [0, 0.05) is 12.7 Å². The van der Waals surface area contributed by atoms with E-state index in [1.807, 2.05) is 0 Å². The molecule has 76 valence electrons. The number of rotatable bonds is 3. The minimum absolute atomic E-state index is 0.236. The van der Waals surface area contributed by atoms with E-state index in [-0.39, 0.29) is 12.5 Å². The Labute approximate surface area is 90.5 Å². The molecule has 0 radical (unpaired) electrons. The number of aromatic nitrogens is 1. The molecule has 1 heterocycles. The number of nitrogens with one attached hydrogen (secondary N) is 1. The number of amides is 1. The molecule has 0 fully saturated rings. The molecule has 1 rings (SSSR count). The molecule has 0 spiro atoms. The Morgan fingerprint density at radius 3 is 3.07 bits per heavy atom. The maximum absolute atomic E-state index is 11.5. The van der Waals surface area contributed by atoms with E-state index in [0.29, 0.717) is 10.2 Å². The molecule has 0 aliphatic heterocycles. The topological polar surface area (TPSA) is 62.2 Å². The van der Waals surface area contributed by atoms with Gasteiger partial charge in [-0.15, -0.1) is 0 Å². The van der Waals surface area contributed by atoms with Crippen LogP contribution in [0.3, 0.4) is 0 Å². The number of carbonyl (C=O) groups is 1. The first-order valence-electron chi connectivity index (χ1n) is 4.18. The van der Waals surface area contributed by atoms with E-state index in [4.69, 9.17) is 5.11 Å². The second kappa shape index (κ2) is 5.07. The first-order chi connectivity index (χ1) is 6.61. The fourth-order valence-corrected chi connectivity index (χ4v) is 1.32. The van der Waals surface area contributed by atoms with Crippen molar-refractivity contribution >= 4 is 21.8 Å². The zero-order valence-corrected chi connectivity index (χ0v) is 9.28. The van der Waals surface area contributed by atoms with Crippen LogP contribution >= 0.6 is 15.9 Å². The first-order valence-corrected chi connectivity index (χ1v) is 4.97. The zero-order valence-electron chi connectivity index (χ0n) is 7.70. The van der Waals surface area contributed by atoms with Crippen LogP contribution < -0.4 is 5.32 Å². The summed E-state index contributed by atoms with van der Waals surface area (Å²) >= 11 is 3.17. The average Bonchev–Trinajstić information content (AvgIpc) is 2.15. The largest absolute Gasteiger partial charge is 0.392 e. The Morgan fingerprint density at radius 1 is 1.79 bits per heavy atom. The minimum atomic E-state index is -0.547. The van der Waals surface area contributed by atoms with Crippen molar-refractivity contribution < 1.29 is 9.90 Å². The molecule has 2 N–H and O–H groups in total. The van der Waals surface area contributed by atoms with Gasteiger partial charge in [0.2, 0.25) is 0 Å². The van der Waals surface area contributed by atoms with E-state index in [9.17, 15) is 4.79 Å². The quantitative estimate of drug-likeness (QED) is 0.794. The van der Waals surface area contributed by atoms with Crippen LogP contribution in [0.25, 0.3) is 0 Å². The lowest BCUT2D eigenvalue weighted by Gasteiger charge is -2.07. The minimum Gasteiger partial charge on any atom is -0.392 e. The Bertz CT molecular complexity index is 328. The molecule has 14 heavy (non-hydrogen) atoms. The van der Waals surface area contributed by atoms with Crippen LogP contribution in [0.2, 0.25) is 0 Å². The summed E-state index contributed by atoms with van der Waals surface area (Å²) < 4.78 is 0.503. The lowest BCUT2D eigenvalue weighted by atomic mass is 10.2. The summed E-state index contributed by atoms with van der Waals surface area (Å²) in [6.45, 7) is 1.85. The van der Waals surface area contributed by atoms with Crippen molar-refractivity contribution in [3.63, 3.8) is 0 Å². The molecule has 0 saturated heterocycles. The highest BCUT2D eigenvalue weighted by molar-refractivity contribution is 9.10. The van der Waals surface area contributed by atoms with Gasteiger partial charge in [-0.1, -0.05) is 0 Å². The Hall–Kier alpha value is -0.940. The van der Waals surface area contributed by atoms with Crippen molar-refractivity contribution in [3.8, 4) is 0 Å². The Morgan fingerprint density at radius 2 is 2.50 bits per heavy atom. The lowest BCUT2D eigenvalue weighted by Crippen LogP contribution is -2.30. The number of carbonyl (C=O) groups excluding carboxylic acids is 1. The normalized spacial score (nSPS) is 12.2. The third-order valence-electron chi connectivity index (χ3n) is 1.56. The number of halogens is 1. The van der Waals surface area contributed by atoms with Crippen LogP contribution in [-0.4, -0.2) is 28.6 Å². The smallest absolute Gasteiger partial charge is 0.254 e. The highest BCUT2D eigenvalue weighted by Crippen LogP contribution is 2.11. The number of aliphatic hydroxyl groups excluding tert-OH is 1. The predicted molar refractivity (Wildman–Crippen MR) is 56.0 cm³/mol. The monoisotopic (exact) mass is 258 g/mol. The molecule has 0 unspecified atom stereocenters. The van der Waals surface area contributed by atoms with Crippen LogP contribution in [0.4, 0.5) is 0 Å². The SMILES string of the molecule is C[C@H](O)CNC(=O)c1cccnc1Br. The summed E-state index contributed by atoms with van der Waals surface area (Å²) in [5, 5.41) is 11.6. The van der Waals surface area contributed by atoms with Gasteiger partial charge in [-0.05, 0) is 35.0 Å². The maximum Gasteiger partial charge on any atom is 0.254 e. The van der Waals surface area contributed by atoms with Crippen LogP contribution in [0.5, 0.6) is 0 Å². The molecule has 0 aromatic carbocycles. The van der Waals surface area contributed by atoms with Gasteiger partial charge >= 0.3 is 0 Å². The van der Waals surface area contributed by atoms with E-state index in [2.05, 4.69) is 26.2 Å². The third kappa shape index (κ3) is 3.08. The first kappa shape index (κ1) is 11.1. The van der Waals surface area contributed by atoms with Gasteiger partial charge in [-0.25, -0.2) is 4.98 Å². The highest BCUT2D eigenvalue weighted by atomic mass is 79.9. The molecule has 0 saturated carbocycles. The number of nitrogens with zero attached hydrogens (tertiary/aromatic N) is 1. The third-order valence-corrected chi connectivity index (χ3v) is 2.19. The van der Waals surface area contributed by atoms with Crippen LogP contribution in [0.15, 0.2) is 22.9 Å². The Balaban J connectivity index is 2.65. The van der Waals surface area contributed by atoms with Crippen molar-refractivity contribution in [2.75, 3.05) is 6.54 Å². The zero-order chi connectivity index (χ0) is 10.6. The average molecular weight is 259 g/mol. The van der Waals surface area contributed by atoms with Crippen molar-refractivity contribution in [1.82, 2.24) is 10.3 Å². The van der Waals surface area contributed by atoms with Crippen molar-refractivity contribution in [2.24, 2.45) is 0 Å². The molecule has 0 aliphatic carbocycles. The van der Waals surface area contributed by atoms with Gasteiger partial charge in [-0.3, -0.25) is 4.79 Å². The summed E-state index contributed by atoms with van der Waals surface area (Å²) in [4.78, 5) is 15.4. The van der Waals surface area contributed by atoms with Gasteiger partial charge < -0.3 is 10.4 Å². The van der Waals surface area contributed by atoms with Gasteiger partial charge in [0.05, 0.1) is 11.7 Å². The standard InChI is InChI=1S/C9H11BrN2O2/c1-6(13)5-12-9(14)7-3-2-4-11-8(7)10/h2-4,6,13H,5H2,1H3,(H,12,14)/t6-/m0/s1. The molecular formula is C9H11BrN2O2. The molecule has 1 amide bonds. The molecule has 1 atom stereocenters. The molecule has 1 aromatic rings. The molecular weight excluding hydrogens is 248 g/mol. The van der Waals surface area contributed by atoms with E-state index in [1.165, 1.54) is 0 Å². The summed E-state index contributed by atoms with van der Waals surface area (Å²) in [6, 6.07) is 3.34. The van der Waals surface area contributed by atoms with E-state index in [1.54, 1.807) is 25.3 Å². The number of hydrogen-bond acceptors (Lipinski definition) is 3.